The van der Waals surface area contributed by atoms with E-state index in [4.69, 9.17) is 4.74 Å². The van der Waals surface area contributed by atoms with Crippen LogP contribution in [0, 0.1) is 5.92 Å². The number of rotatable bonds is 5. The Morgan fingerprint density at radius 2 is 2.00 bits per heavy atom. The van der Waals surface area contributed by atoms with Crippen molar-refractivity contribution in [2.75, 3.05) is 18.5 Å². The first kappa shape index (κ1) is 15.1. The van der Waals surface area contributed by atoms with Crippen molar-refractivity contribution in [1.29, 1.82) is 0 Å². The molecular formula is C15H21ClN2O2. The van der Waals surface area contributed by atoms with Gasteiger partial charge in [-0.2, -0.15) is 0 Å². The van der Waals surface area contributed by atoms with Gasteiger partial charge in [0.25, 0.3) is 0 Å². The van der Waals surface area contributed by atoms with Crippen LogP contribution in [0.25, 0.3) is 0 Å². The molecule has 1 aliphatic carbocycles. The molecule has 2 aliphatic rings. The van der Waals surface area contributed by atoms with Gasteiger partial charge in [-0.3, -0.25) is 4.79 Å². The molecular weight excluding hydrogens is 276 g/mol. The van der Waals surface area contributed by atoms with Gasteiger partial charge in [0.1, 0.15) is 5.75 Å². The highest BCUT2D eigenvalue weighted by atomic mass is 35.5. The standard InChI is InChI=1S/C15H20N2O2.ClH/c18-15(14-2-1-9-16-14)17-12-5-7-13(8-6-12)19-10-11-3-4-11;/h5-8,11,14,16H,1-4,9-10H2,(H,17,18);1H. The summed E-state index contributed by atoms with van der Waals surface area (Å²) < 4.78 is 5.66. The second-order valence-electron chi connectivity index (χ2n) is 5.42. The molecule has 1 heterocycles. The van der Waals surface area contributed by atoms with Crippen molar-refractivity contribution in [2.45, 2.75) is 31.7 Å². The molecule has 0 spiro atoms. The van der Waals surface area contributed by atoms with Gasteiger partial charge < -0.3 is 15.4 Å². The van der Waals surface area contributed by atoms with Crippen LogP contribution in [-0.4, -0.2) is 25.1 Å². The van der Waals surface area contributed by atoms with Gasteiger partial charge in [0.2, 0.25) is 5.91 Å². The molecule has 0 radical (unpaired) electrons. The van der Waals surface area contributed by atoms with E-state index in [1.54, 1.807) is 0 Å². The molecule has 1 aromatic carbocycles. The third-order valence-corrected chi connectivity index (χ3v) is 3.68. The molecule has 1 aliphatic heterocycles. The van der Waals surface area contributed by atoms with E-state index in [0.717, 1.165) is 43.3 Å². The fourth-order valence-electron chi connectivity index (χ4n) is 2.27. The highest BCUT2D eigenvalue weighted by Crippen LogP contribution is 2.29. The maximum Gasteiger partial charge on any atom is 0.241 e. The molecule has 2 N–H and O–H groups in total. The van der Waals surface area contributed by atoms with Crippen LogP contribution in [0.3, 0.4) is 0 Å². The molecule has 1 saturated carbocycles. The maximum atomic E-state index is 11.9. The number of benzene rings is 1. The van der Waals surface area contributed by atoms with Crippen LogP contribution in [0.15, 0.2) is 24.3 Å². The summed E-state index contributed by atoms with van der Waals surface area (Å²) in [6.07, 6.45) is 4.59. The minimum atomic E-state index is -0.0363. The van der Waals surface area contributed by atoms with Crippen LogP contribution in [0.2, 0.25) is 0 Å². The largest absolute Gasteiger partial charge is 0.493 e. The summed E-state index contributed by atoms with van der Waals surface area (Å²) in [4.78, 5) is 11.9. The first-order valence-electron chi connectivity index (χ1n) is 7.08. The van der Waals surface area contributed by atoms with Gasteiger partial charge in [-0.05, 0) is 62.4 Å². The Bertz CT molecular complexity index is 440. The summed E-state index contributed by atoms with van der Waals surface area (Å²) in [7, 11) is 0. The third kappa shape index (κ3) is 4.12. The minimum Gasteiger partial charge on any atom is -0.493 e. The Kier molecular flexibility index (Phi) is 5.26. The van der Waals surface area contributed by atoms with Gasteiger partial charge in [-0.1, -0.05) is 0 Å². The lowest BCUT2D eigenvalue weighted by Gasteiger charge is -2.11. The van der Waals surface area contributed by atoms with Gasteiger partial charge in [0.05, 0.1) is 12.6 Å². The van der Waals surface area contributed by atoms with E-state index in [-0.39, 0.29) is 24.4 Å². The molecule has 0 aromatic heterocycles. The zero-order valence-electron chi connectivity index (χ0n) is 11.4. The van der Waals surface area contributed by atoms with Crippen LogP contribution < -0.4 is 15.4 Å². The van der Waals surface area contributed by atoms with Crippen LogP contribution in [0.1, 0.15) is 25.7 Å². The maximum absolute atomic E-state index is 11.9. The molecule has 1 unspecified atom stereocenters. The molecule has 1 aromatic rings. The van der Waals surface area contributed by atoms with E-state index >= 15 is 0 Å². The monoisotopic (exact) mass is 296 g/mol. The van der Waals surface area contributed by atoms with Crippen molar-refractivity contribution in [2.24, 2.45) is 5.92 Å². The Balaban J connectivity index is 0.00000147. The van der Waals surface area contributed by atoms with Crippen molar-refractivity contribution in [3.8, 4) is 5.75 Å². The lowest BCUT2D eigenvalue weighted by molar-refractivity contribution is -0.117. The molecule has 4 nitrogen and oxygen atoms in total. The topological polar surface area (TPSA) is 50.4 Å². The molecule has 110 valence electrons. The van der Waals surface area contributed by atoms with Crippen LogP contribution in [0.5, 0.6) is 5.75 Å². The fourth-order valence-corrected chi connectivity index (χ4v) is 2.27. The summed E-state index contributed by atoms with van der Waals surface area (Å²) in [5.41, 5.74) is 0.831. The van der Waals surface area contributed by atoms with Crippen molar-refractivity contribution in [3.05, 3.63) is 24.3 Å². The number of hydrogen-bond donors (Lipinski definition) is 2. The average molecular weight is 297 g/mol. The lowest BCUT2D eigenvalue weighted by atomic mass is 10.2. The number of hydrogen-bond acceptors (Lipinski definition) is 3. The number of anilines is 1. The Labute approximate surface area is 125 Å². The highest BCUT2D eigenvalue weighted by Gasteiger charge is 2.22. The number of carbonyl (C=O) groups excluding carboxylic acids is 1. The van der Waals surface area contributed by atoms with Crippen LogP contribution >= 0.6 is 12.4 Å². The first-order chi connectivity index (χ1) is 9.31. The van der Waals surface area contributed by atoms with E-state index in [0.29, 0.717) is 0 Å². The van der Waals surface area contributed by atoms with Crippen LogP contribution in [0.4, 0.5) is 5.69 Å². The average Bonchev–Trinajstić information content (AvgIpc) is 3.09. The van der Waals surface area contributed by atoms with Crippen LogP contribution in [-0.2, 0) is 4.79 Å². The number of ether oxygens (including phenoxy) is 1. The van der Waals surface area contributed by atoms with Crippen molar-refractivity contribution >= 4 is 24.0 Å². The van der Waals surface area contributed by atoms with Crippen molar-refractivity contribution in [3.63, 3.8) is 0 Å². The van der Waals surface area contributed by atoms with Gasteiger partial charge in [-0.25, -0.2) is 0 Å². The Morgan fingerprint density at radius 3 is 2.60 bits per heavy atom. The Hall–Kier alpha value is -1.26. The van der Waals surface area contributed by atoms with E-state index in [1.165, 1.54) is 12.8 Å². The predicted molar refractivity (Wildman–Crippen MR) is 81.6 cm³/mol. The Morgan fingerprint density at radius 1 is 1.25 bits per heavy atom. The predicted octanol–water partition coefficient (Wildman–Crippen LogP) is 2.59. The smallest absolute Gasteiger partial charge is 0.241 e. The van der Waals surface area contributed by atoms with Gasteiger partial charge in [0, 0.05) is 5.69 Å². The van der Waals surface area contributed by atoms with E-state index in [9.17, 15) is 4.79 Å². The summed E-state index contributed by atoms with van der Waals surface area (Å²) in [6.45, 7) is 1.75. The summed E-state index contributed by atoms with van der Waals surface area (Å²) >= 11 is 0. The molecule has 1 atom stereocenters. The van der Waals surface area contributed by atoms with E-state index in [2.05, 4.69) is 10.6 Å². The number of nitrogens with one attached hydrogen (secondary N) is 2. The minimum absolute atomic E-state index is 0. The summed E-state index contributed by atoms with van der Waals surface area (Å²) in [6, 6.07) is 7.59. The molecule has 0 bridgehead atoms. The molecule has 3 rings (SSSR count). The number of amides is 1. The van der Waals surface area contributed by atoms with E-state index in [1.807, 2.05) is 24.3 Å². The summed E-state index contributed by atoms with van der Waals surface area (Å²) in [5, 5.41) is 6.12. The van der Waals surface area contributed by atoms with Gasteiger partial charge in [0.15, 0.2) is 0 Å². The molecule has 1 amide bonds. The number of carbonyl (C=O) groups is 1. The first-order valence-corrected chi connectivity index (χ1v) is 7.08. The lowest BCUT2D eigenvalue weighted by Crippen LogP contribution is -2.35. The molecule has 20 heavy (non-hydrogen) atoms. The summed E-state index contributed by atoms with van der Waals surface area (Å²) in [5.74, 6) is 1.70. The third-order valence-electron chi connectivity index (χ3n) is 3.68. The van der Waals surface area contributed by atoms with Crippen molar-refractivity contribution < 1.29 is 9.53 Å². The molecule has 1 saturated heterocycles. The van der Waals surface area contributed by atoms with Gasteiger partial charge >= 0.3 is 0 Å². The highest BCUT2D eigenvalue weighted by molar-refractivity contribution is 5.95. The second-order valence-corrected chi connectivity index (χ2v) is 5.42. The SMILES string of the molecule is Cl.O=C(Nc1ccc(OCC2CC2)cc1)C1CCCN1. The number of halogens is 1. The van der Waals surface area contributed by atoms with Gasteiger partial charge in [-0.15, -0.1) is 12.4 Å². The van der Waals surface area contributed by atoms with E-state index < -0.39 is 0 Å². The zero-order valence-corrected chi connectivity index (χ0v) is 12.2. The molecule has 5 heteroatoms. The quantitative estimate of drug-likeness (QED) is 0.878. The van der Waals surface area contributed by atoms with Crippen molar-refractivity contribution in [1.82, 2.24) is 5.32 Å². The normalized spacial score (nSPS) is 21.1. The fraction of sp³-hybridized carbons (Fsp3) is 0.533. The molecule has 2 fully saturated rings. The zero-order chi connectivity index (χ0) is 13.1. The second kappa shape index (κ2) is 6.95.